The number of allylic oxidation sites excluding steroid dienone is 17. The molecule has 1 heterocycles. The highest BCUT2D eigenvalue weighted by Gasteiger charge is 2.36. The van der Waals surface area contributed by atoms with Crippen molar-refractivity contribution in [3.8, 4) is 0 Å². The van der Waals surface area contributed by atoms with Crippen LogP contribution in [0.4, 0.5) is 0 Å². The minimum atomic E-state index is 0.438. The van der Waals surface area contributed by atoms with Gasteiger partial charge in [-0.3, -0.25) is 4.90 Å². The Labute approximate surface area is 313 Å². The number of rotatable bonds is 15. The molecule has 1 nitrogen and oxygen atoms in total. The van der Waals surface area contributed by atoms with Gasteiger partial charge < -0.3 is 0 Å². The molecular formula is C50H69N. The molecular weight excluding hydrogens is 615 g/mol. The summed E-state index contributed by atoms with van der Waals surface area (Å²) >= 11 is 0. The molecule has 1 aliphatic heterocycles. The molecule has 0 spiro atoms. The molecule has 274 valence electrons. The number of hydrogen-bond acceptors (Lipinski definition) is 1. The van der Waals surface area contributed by atoms with Crippen molar-refractivity contribution in [2.24, 2.45) is 11.8 Å². The second-order valence-corrected chi connectivity index (χ2v) is 16.4. The largest absolute Gasteiger partial charge is 0.286 e. The van der Waals surface area contributed by atoms with Crippen LogP contribution in [0.1, 0.15) is 150 Å². The third-order valence-corrected chi connectivity index (χ3v) is 12.8. The quantitative estimate of drug-likeness (QED) is 0.123. The SMILES string of the molecule is CCC/C=C(\CCC/C1=C2\CCC=C\C2=C(\C)C2=CC=C(C3C=CC(C(C)CCCCCC)=CC3)CC2N(C2C=CCCC2)C1)C1=CC=CCC1. The van der Waals surface area contributed by atoms with Crippen molar-refractivity contribution in [1.29, 1.82) is 0 Å². The maximum Gasteiger partial charge on any atom is 0.0397 e. The molecule has 0 aromatic rings. The lowest BCUT2D eigenvalue weighted by Crippen LogP contribution is -2.47. The normalized spacial score (nSPS) is 29.0. The van der Waals surface area contributed by atoms with Gasteiger partial charge in [0.2, 0.25) is 0 Å². The molecule has 0 aromatic heterocycles. The van der Waals surface area contributed by atoms with Crippen LogP contribution in [0.3, 0.4) is 0 Å². The van der Waals surface area contributed by atoms with Crippen molar-refractivity contribution in [2.75, 3.05) is 6.54 Å². The van der Waals surface area contributed by atoms with Crippen LogP contribution in [0.25, 0.3) is 0 Å². The highest BCUT2D eigenvalue weighted by molar-refractivity contribution is 5.57. The van der Waals surface area contributed by atoms with Gasteiger partial charge in [0.1, 0.15) is 0 Å². The molecule has 0 N–H and O–H groups in total. The van der Waals surface area contributed by atoms with E-state index in [-0.39, 0.29) is 0 Å². The number of fused-ring (bicyclic) bond motifs is 2. The first-order valence-corrected chi connectivity index (χ1v) is 21.4. The Morgan fingerprint density at radius 2 is 1.82 bits per heavy atom. The van der Waals surface area contributed by atoms with E-state index in [1.165, 1.54) is 115 Å². The second kappa shape index (κ2) is 19.3. The number of unbranched alkanes of at least 4 members (excludes halogenated alkanes) is 4. The van der Waals surface area contributed by atoms with Gasteiger partial charge in [-0.15, -0.1) is 0 Å². The summed E-state index contributed by atoms with van der Waals surface area (Å²) in [6.07, 6.45) is 56.1. The van der Waals surface area contributed by atoms with Gasteiger partial charge in [-0.1, -0.05) is 143 Å². The molecule has 1 heteroatoms. The van der Waals surface area contributed by atoms with Crippen molar-refractivity contribution in [2.45, 2.75) is 162 Å². The highest BCUT2D eigenvalue weighted by Crippen LogP contribution is 2.43. The van der Waals surface area contributed by atoms with Crippen molar-refractivity contribution < 1.29 is 0 Å². The lowest BCUT2D eigenvalue weighted by molar-refractivity contribution is 0.178. The number of nitrogens with zero attached hydrogens (tertiary/aromatic N) is 1. The van der Waals surface area contributed by atoms with E-state index in [9.17, 15) is 0 Å². The van der Waals surface area contributed by atoms with Crippen LogP contribution >= 0.6 is 0 Å². The van der Waals surface area contributed by atoms with E-state index >= 15 is 0 Å². The van der Waals surface area contributed by atoms with Crippen molar-refractivity contribution >= 4 is 0 Å². The highest BCUT2D eigenvalue weighted by atomic mass is 15.2. The number of hydrogen-bond donors (Lipinski definition) is 0. The van der Waals surface area contributed by atoms with Gasteiger partial charge in [-0.05, 0) is 142 Å². The summed E-state index contributed by atoms with van der Waals surface area (Å²) in [4.78, 5) is 2.98. The van der Waals surface area contributed by atoms with E-state index in [1.54, 1.807) is 44.6 Å². The predicted molar refractivity (Wildman–Crippen MR) is 223 cm³/mol. The molecule has 0 bridgehead atoms. The maximum absolute atomic E-state index is 2.98. The lowest BCUT2D eigenvalue weighted by atomic mass is 9.75. The molecule has 0 fully saturated rings. The monoisotopic (exact) mass is 684 g/mol. The van der Waals surface area contributed by atoms with Crippen molar-refractivity contribution in [3.63, 3.8) is 0 Å². The van der Waals surface area contributed by atoms with E-state index in [0.717, 1.165) is 19.4 Å². The fourth-order valence-corrected chi connectivity index (χ4v) is 9.66. The van der Waals surface area contributed by atoms with Crippen LogP contribution in [0, 0.1) is 11.8 Å². The first-order chi connectivity index (χ1) is 25.1. The second-order valence-electron chi connectivity index (χ2n) is 16.4. The van der Waals surface area contributed by atoms with E-state index < -0.39 is 0 Å². The molecule has 6 aliphatic rings. The zero-order chi connectivity index (χ0) is 35.4. The van der Waals surface area contributed by atoms with Crippen molar-refractivity contribution in [3.05, 3.63) is 129 Å². The topological polar surface area (TPSA) is 3.24 Å². The van der Waals surface area contributed by atoms with E-state index in [1.807, 2.05) is 0 Å². The Bertz CT molecular complexity index is 1550. The van der Waals surface area contributed by atoms with Crippen LogP contribution in [0.15, 0.2) is 129 Å². The maximum atomic E-state index is 2.98. The van der Waals surface area contributed by atoms with Gasteiger partial charge in [-0.25, -0.2) is 0 Å². The summed E-state index contributed by atoms with van der Waals surface area (Å²) in [7, 11) is 0. The van der Waals surface area contributed by atoms with Crippen LogP contribution in [0.5, 0.6) is 0 Å². The average Bonchev–Trinajstić information content (AvgIpc) is 3.19. The minimum Gasteiger partial charge on any atom is -0.286 e. The van der Waals surface area contributed by atoms with Gasteiger partial charge >= 0.3 is 0 Å². The first-order valence-electron chi connectivity index (χ1n) is 21.4. The Balaban J connectivity index is 1.25. The minimum absolute atomic E-state index is 0.438. The molecule has 0 amide bonds. The molecule has 0 radical (unpaired) electrons. The molecule has 0 saturated heterocycles. The molecule has 51 heavy (non-hydrogen) atoms. The van der Waals surface area contributed by atoms with Gasteiger partial charge in [0.25, 0.3) is 0 Å². The molecule has 4 unspecified atom stereocenters. The summed E-state index contributed by atoms with van der Waals surface area (Å²) in [5.74, 6) is 1.20. The standard InChI is InChI=1S/C50H69N/c1-5-7-9-12-20-38(3)40-30-32-43(33-31-40)44-34-35-48-39(4)47-28-17-18-29-49(47)45(37-51(50(48)36-44)46-26-15-11-16-27-46)25-19-24-41(21-8-6-2)42-22-13-10-14-23-42/h10,13,15,17,21-22,26,28,30-32,34-35,38,43,46,50H,5-9,11-12,14,16,18-20,23-25,27,29,33,36-37H2,1-4H3/b41-21+,47-39+,49-45-. The summed E-state index contributed by atoms with van der Waals surface area (Å²) in [5, 5.41) is 0. The molecule has 5 aliphatic carbocycles. The van der Waals surface area contributed by atoms with Crippen molar-refractivity contribution in [1.82, 2.24) is 4.90 Å². The molecule has 0 saturated carbocycles. The van der Waals surface area contributed by atoms with E-state index in [2.05, 4.69) is 112 Å². The molecule has 0 aromatic carbocycles. The Morgan fingerprint density at radius 3 is 2.59 bits per heavy atom. The molecule has 6 rings (SSSR count). The van der Waals surface area contributed by atoms with Crippen LogP contribution in [-0.4, -0.2) is 23.5 Å². The zero-order valence-corrected chi connectivity index (χ0v) is 32.9. The zero-order valence-electron chi connectivity index (χ0n) is 32.9. The van der Waals surface area contributed by atoms with Gasteiger partial charge in [0.05, 0.1) is 0 Å². The summed E-state index contributed by atoms with van der Waals surface area (Å²) in [5.41, 5.74) is 14.5. The van der Waals surface area contributed by atoms with Gasteiger partial charge in [0.15, 0.2) is 0 Å². The fourth-order valence-electron chi connectivity index (χ4n) is 9.66. The van der Waals surface area contributed by atoms with Crippen LogP contribution in [-0.2, 0) is 0 Å². The fraction of sp³-hybridized carbons (Fsp3) is 0.560. The van der Waals surface area contributed by atoms with Gasteiger partial charge in [0, 0.05) is 24.5 Å². The van der Waals surface area contributed by atoms with Gasteiger partial charge in [-0.2, -0.15) is 0 Å². The predicted octanol–water partition coefficient (Wildman–Crippen LogP) is 14.3. The Hall–Kier alpha value is -2.90. The molecule has 4 atom stereocenters. The third kappa shape index (κ3) is 9.75. The van der Waals surface area contributed by atoms with Crippen LogP contribution < -0.4 is 0 Å². The van der Waals surface area contributed by atoms with E-state index in [0.29, 0.717) is 23.9 Å². The average molecular weight is 684 g/mol. The summed E-state index contributed by atoms with van der Waals surface area (Å²) < 4.78 is 0. The third-order valence-electron chi connectivity index (χ3n) is 12.8. The Morgan fingerprint density at radius 1 is 0.922 bits per heavy atom. The van der Waals surface area contributed by atoms with E-state index in [4.69, 9.17) is 0 Å². The summed E-state index contributed by atoms with van der Waals surface area (Å²) in [6.45, 7) is 10.6. The Kier molecular flexibility index (Phi) is 14.3. The smallest absolute Gasteiger partial charge is 0.0397 e. The van der Waals surface area contributed by atoms with Crippen LogP contribution in [0.2, 0.25) is 0 Å². The summed E-state index contributed by atoms with van der Waals surface area (Å²) in [6, 6.07) is 0.962. The lowest BCUT2D eigenvalue weighted by Gasteiger charge is -2.44. The first kappa shape index (κ1) is 37.8.